The number of ether oxygens (including phenoxy) is 2. The maximum absolute atomic E-state index is 12.4. The molecule has 0 saturated carbocycles. The lowest BCUT2D eigenvalue weighted by Crippen LogP contribution is -2.28. The van der Waals surface area contributed by atoms with Crippen LogP contribution >= 0.6 is 0 Å². The van der Waals surface area contributed by atoms with Crippen LogP contribution in [0.15, 0.2) is 134 Å². The number of carbonyl (C=O) groups is 2. The lowest BCUT2D eigenvalue weighted by Gasteiger charge is -2.15. The number of aliphatic hydroxyl groups is 1. The molecule has 0 aromatic carbocycles. The fourth-order valence-electron chi connectivity index (χ4n) is 11.5. The average molecular weight is 1280 g/mol. The van der Waals surface area contributed by atoms with Gasteiger partial charge in [-0.05, 0) is 116 Å². The number of allylic oxidation sites excluding steroid dienone is 22. The van der Waals surface area contributed by atoms with Crippen LogP contribution < -0.4 is 0 Å². The first kappa shape index (κ1) is 88.0. The summed E-state index contributed by atoms with van der Waals surface area (Å²) in [4.78, 5) is 24.7. The molecule has 5 heteroatoms. The zero-order valence-corrected chi connectivity index (χ0v) is 60.8. The number of rotatable bonds is 73. The lowest BCUT2D eigenvalue weighted by molar-refractivity contribution is -0.161. The van der Waals surface area contributed by atoms with E-state index >= 15 is 0 Å². The highest BCUT2D eigenvalue weighted by Gasteiger charge is 2.16. The van der Waals surface area contributed by atoms with Gasteiger partial charge in [0.25, 0.3) is 0 Å². The smallest absolute Gasteiger partial charge is 0.306 e. The minimum absolute atomic E-state index is 0.0660. The molecule has 0 spiro atoms. The van der Waals surface area contributed by atoms with Gasteiger partial charge in [0, 0.05) is 12.8 Å². The first-order valence-corrected chi connectivity index (χ1v) is 39.7. The highest BCUT2D eigenvalue weighted by Crippen LogP contribution is 2.19. The van der Waals surface area contributed by atoms with Gasteiger partial charge in [-0.25, -0.2) is 0 Å². The van der Waals surface area contributed by atoms with E-state index < -0.39 is 6.10 Å². The Balaban J connectivity index is 3.45. The molecule has 1 N–H and O–H groups in total. The molecule has 1 atom stereocenters. The van der Waals surface area contributed by atoms with Crippen molar-refractivity contribution in [2.45, 2.75) is 392 Å². The van der Waals surface area contributed by atoms with Gasteiger partial charge in [0.05, 0.1) is 6.61 Å². The summed E-state index contributed by atoms with van der Waals surface area (Å²) in [7, 11) is 0. The first-order chi connectivity index (χ1) is 45.6. The van der Waals surface area contributed by atoms with Crippen molar-refractivity contribution in [2.24, 2.45) is 0 Å². The molecule has 0 bridgehead atoms. The molecule has 0 aliphatic rings. The predicted molar refractivity (Wildman–Crippen MR) is 408 cm³/mol. The Kier molecular flexibility index (Phi) is 77.8. The van der Waals surface area contributed by atoms with E-state index in [2.05, 4.69) is 148 Å². The van der Waals surface area contributed by atoms with Crippen LogP contribution in [0.1, 0.15) is 386 Å². The third-order valence-electron chi connectivity index (χ3n) is 17.4. The molecule has 0 rings (SSSR count). The number of carbonyl (C=O) groups excluding carboxylic acids is 2. The van der Waals surface area contributed by atoms with E-state index in [1.54, 1.807) is 0 Å². The molecule has 1 unspecified atom stereocenters. The standard InChI is InChI=1S/C87H150O5/c1-3-5-7-9-11-13-15-17-19-21-23-25-27-29-31-33-35-37-39-41-42-43-44-46-48-50-52-54-56-58-60-62-64-66-68-70-72-74-76-78-80-82-87(90)92-85(83-88)84-91-86(89)81-79-77-75-73-71-69-67-65-63-61-59-57-55-53-51-49-47-45-40-38-36-34-32-30-28-26-24-22-20-18-16-14-12-10-8-6-4-2/h5,7,11,13,16-19,22-25,28-31,35,37,41-42,44,46,85,88H,3-4,6,8-10,12,14-15,20-21,26-27,32-34,36,38-40,43,45,47-84H2,1-2H3/b7-5-,13-11-,18-16-,19-17-,24-22-,25-23-,30-28-,31-29-,37-35-,42-41-,46-44-. The molecule has 92 heavy (non-hydrogen) atoms. The van der Waals surface area contributed by atoms with Crippen molar-refractivity contribution in [2.75, 3.05) is 13.2 Å². The summed E-state index contributed by atoms with van der Waals surface area (Å²) >= 11 is 0. The van der Waals surface area contributed by atoms with Gasteiger partial charge in [0.15, 0.2) is 6.10 Å². The van der Waals surface area contributed by atoms with Crippen molar-refractivity contribution in [1.29, 1.82) is 0 Å². The van der Waals surface area contributed by atoms with E-state index in [4.69, 9.17) is 9.47 Å². The Labute approximate surface area is 572 Å². The zero-order valence-electron chi connectivity index (χ0n) is 60.8. The summed E-state index contributed by atoms with van der Waals surface area (Å²) in [6.07, 6.45) is 121. The molecule has 0 fully saturated rings. The minimum atomic E-state index is -0.778. The molecule has 5 nitrogen and oxygen atoms in total. The van der Waals surface area contributed by atoms with Crippen molar-refractivity contribution in [3.05, 3.63) is 134 Å². The van der Waals surface area contributed by atoms with Gasteiger partial charge < -0.3 is 14.6 Å². The summed E-state index contributed by atoms with van der Waals surface area (Å²) in [5, 5.41) is 9.73. The van der Waals surface area contributed by atoms with Gasteiger partial charge >= 0.3 is 11.9 Å². The fourth-order valence-corrected chi connectivity index (χ4v) is 11.5. The van der Waals surface area contributed by atoms with E-state index in [-0.39, 0.29) is 25.2 Å². The predicted octanol–water partition coefficient (Wildman–Crippen LogP) is 28.2. The van der Waals surface area contributed by atoms with E-state index in [9.17, 15) is 14.7 Å². The quantitative estimate of drug-likeness (QED) is 0.0373. The van der Waals surface area contributed by atoms with Crippen molar-refractivity contribution in [1.82, 2.24) is 0 Å². The third kappa shape index (κ3) is 78.5. The molecule has 0 aliphatic heterocycles. The second-order valence-electron chi connectivity index (χ2n) is 26.4. The normalized spacial score (nSPS) is 12.9. The Morgan fingerprint density at radius 3 is 0.707 bits per heavy atom. The molecule has 528 valence electrons. The molecule has 0 heterocycles. The Morgan fingerprint density at radius 1 is 0.261 bits per heavy atom. The van der Waals surface area contributed by atoms with Gasteiger partial charge in [-0.1, -0.05) is 392 Å². The molecule has 0 radical (unpaired) electrons. The molecule has 0 aromatic heterocycles. The number of esters is 2. The Morgan fingerprint density at radius 2 is 0.467 bits per heavy atom. The first-order valence-electron chi connectivity index (χ1n) is 39.7. The molecule has 0 saturated heterocycles. The maximum atomic E-state index is 12.4. The van der Waals surface area contributed by atoms with Crippen LogP contribution in [-0.2, 0) is 19.1 Å². The van der Waals surface area contributed by atoms with Crippen LogP contribution in [0, 0.1) is 0 Å². The summed E-state index contributed by atoms with van der Waals surface area (Å²) in [5.74, 6) is -0.577. The topological polar surface area (TPSA) is 72.8 Å². The maximum Gasteiger partial charge on any atom is 0.306 e. The molecule has 0 amide bonds. The Bertz CT molecular complexity index is 1840. The monoisotopic (exact) mass is 1280 g/mol. The van der Waals surface area contributed by atoms with E-state index in [0.29, 0.717) is 12.8 Å². The highest BCUT2D eigenvalue weighted by molar-refractivity contribution is 5.70. The minimum Gasteiger partial charge on any atom is -0.462 e. The summed E-state index contributed by atoms with van der Waals surface area (Å²) < 4.78 is 10.8. The second kappa shape index (κ2) is 81.3. The summed E-state index contributed by atoms with van der Waals surface area (Å²) in [6, 6.07) is 0. The highest BCUT2D eigenvalue weighted by atomic mass is 16.6. The van der Waals surface area contributed by atoms with Crippen LogP contribution in [-0.4, -0.2) is 36.4 Å². The lowest BCUT2D eigenvalue weighted by atomic mass is 10.0. The third-order valence-corrected chi connectivity index (χ3v) is 17.4. The number of aliphatic hydroxyl groups excluding tert-OH is 1. The van der Waals surface area contributed by atoms with Crippen LogP contribution in [0.5, 0.6) is 0 Å². The molecule has 0 aliphatic carbocycles. The number of hydrogen-bond acceptors (Lipinski definition) is 5. The van der Waals surface area contributed by atoms with Crippen molar-refractivity contribution < 1.29 is 24.2 Å². The SMILES string of the molecule is CC/C=C\C/C=C\C/C=C\C/C=C\C/C=C\C/C=C\C/C=C\C/C=C\CCCCCCCCCCCCCCCCCCC(=O)OC(CO)COC(=O)CCCCCCCCCCCCCCCCCCCCCCCC/C=C\C/C=C\C/C=C\CCCCCCC. The van der Waals surface area contributed by atoms with Gasteiger partial charge in [-0.15, -0.1) is 0 Å². The molecule has 0 aromatic rings. The molecular weight excluding hydrogens is 1120 g/mol. The van der Waals surface area contributed by atoms with Crippen molar-refractivity contribution in [3.8, 4) is 0 Å². The molecular formula is C87H150O5. The summed E-state index contributed by atoms with van der Waals surface area (Å²) in [6.45, 7) is 4.05. The Hall–Kier alpha value is -3.96. The fraction of sp³-hybridized carbons (Fsp3) is 0.724. The largest absolute Gasteiger partial charge is 0.462 e. The summed E-state index contributed by atoms with van der Waals surface area (Å²) in [5.41, 5.74) is 0. The average Bonchev–Trinajstić information content (AvgIpc) is 3.64. The second-order valence-corrected chi connectivity index (χ2v) is 26.4. The number of unbranched alkanes of at least 4 members (excludes halogenated alkanes) is 43. The van der Waals surface area contributed by atoms with E-state index in [1.807, 2.05) is 0 Å². The van der Waals surface area contributed by atoms with Gasteiger partial charge in [0.2, 0.25) is 0 Å². The van der Waals surface area contributed by atoms with Crippen molar-refractivity contribution >= 4 is 11.9 Å². The van der Waals surface area contributed by atoms with Gasteiger partial charge in [-0.3, -0.25) is 9.59 Å². The van der Waals surface area contributed by atoms with Crippen molar-refractivity contribution in [3.63, 3.8) is 0 Å². The van der Waals surface area contributed by atoms with E-state index in [0.717, 1.165) is 103 Å². The van der Waals surface area contributed by atoms with Gasteiger partial charge in [-0.2, -0.15) is 0 Å². The van der Waals surface area contributed by atoms with Crippen LogP contribution in [0.3, 0.4) is 0 Å². The van der Waals surface area contributed by atoms with E-state index in [1.165, 1.54) is 257 Å². The number of hydrogen-bond donors (Lipinski definition) is 1. The van der Waals surface area contributed by atoms with Crippen LogP contribution in [0.25, 0.3) is 0 Å². The van der Waals surface area contributed by atoms with Crippen LogP contribution in [0.4, 0.5) is 0 Å². The zero-order chi connectivity index (χ0) is 66.1. The van der Waals surface area contributed by atoms with Gasteiger partial charge in [0.1, 0.15) is 6.61 Å². The van der Waals surface area contributed by atoms with Crippen LogP contribution in [0.2, 0.25) is 0 Å².